The first-order valence-electron chi connectivity index (χ1n) is 6.09. The first-order valence-corrected chi connectivity index (χ1v) is 6.84. The van der Waals surface area contributed by atoms with Gasteiger partial charge in [-0.3, -0.25) is 9.59 Å². The van der Waals surface area contributed by atoms with Gasteiger partial charge in [0.25, 0.3) is 5.91 Å². The lowest BCUT2D eigenvalue weighted by Gasteiger charge is -2.14. The average Bonchev–Trinajstić information content (AvgIpc) is 2.40. The van der Waals surface area contributed by atoms with E-state index in [0.29, 0.717) is 22.3 Å². The van der Waals surface area contributed by atoms with E-state index in [4.69, 9.17) is 27.9 Å². The fourth-order valence-electron chi connectivity index (χ4n) is 1.41. The Morgan fingerprint density at radius 1 is 1.35 bits per heavy atom. The number of hydrogen-bond acceptors (Lipinski definition) is 3. The number of nitrogens with one attached hydrogen (secondary N) is 2. The summed E-state index contributed by atoms with van der Waals surface area (Å²) in [6.07, 6.45) is 0. The molecule has 110 valence electrons. The van der Waals surface area contributed by atoms with Crippen molar-refractivity contribution in [3.63, 3.8) is 0 Å². The number of amides is 2. The number of benzene rings is 1. The summed E-state index contributed by atoms with van der Waals surface area (Å²) in [5, 5.41) is 5.94. The minimum Gasteiger partial charge on any atom is -0.482 e. The molecule has 0 saturated carbocycles. The number of carbonyl (C=O) groups is 2. The van der Waals surface area contributed by atoms with E-state index in [9.17, 15) is 9.59 Å². The normalized spacial score (nSPS) is 11.6. The molecule has 0 fully saturated rings. The van der Waals surface area contributed by atoms with Crippen LogP contribution < -0.4 is 15.4 Å². The van der Waals surface area contributed by atoms with Crippen molar-refractivity contribution < 1.29 is 14.3 Å². The predicted molar refractivity (Wildman–Crippen MR) is 78.2 cm³/mol. The van der Waals surface area contributed by atoms with Crippen LogP contribution in [0.4, 0.5) is 0 Å². The van der Waals surface area contributed by atoms with Crippen LogP contribution in [0.25, 0.3) is 0 Å². The molecular weight excluding hydrogens is 303 g/mol. The van der Waals surface area contributed by atoms with Crippen LogP contribution in [0.15, 0.2) is 18.2 Å². The largest absolute Gasteiger partial charge is 0.482 e. The van der Waals surface area contributed by atoms with E-state index in [1.807, 2.05) is 0 Å². The minimum absolute atomic E-state index is 0.246. The van der Waals surface area contributed by atoms with Crippen LogP contribution in [0.3, 0.4) is 0 Å². The zero-order chi connectivity index (χ0) is 15.1. The molecule has 0 aliphatic carbocycles. The van der Waals surface area contributed by atoms with Crippen molar-refractivity contribution in [3.05, 3.63) is 28.2 Å². The van der Waals surface area contributed by atoms with Crippen LogP contribution in [0.2, 0.25) is 10.0 Å². The van der Waals surface area contributed by atoms with E-state index in [1.54, 1.807) is 26.0 Å². The van der Waals surface area contributed by atoms with Crippen LogP contribution in [0.5, 0.6) is 5.75 Å². The van der Waals surface area contributed by atoms with Crippen molar-refractivity contribution in [1.29, 1.82) is 0 Å². The van der Waals surface area contributed by atoms with E-state index in [-0.39, 0.29) is 12.5 Å². The molecule has 0 saturated heterocycles. The van der Waals surface area contributed by atoms with Gasteiger partial charge in [-0.15, -0.1) is 0 Å². The van der Waals surface area contributed by atoms with Crippen LogP contribution in [0.1, 0.15) is 13.8 Å². The second kappa shape index (κ2) is 7.97. The van der Waals surface area contributed by atoms with Crippen molar-refractivity contribution in [2.24, 2.45) is 0 Å². The van der Waals surface area contributed by atoms with Crippen molar-refractivity contribution in [1.82, 2.24) is 10.6 Å². The summed E-state index contributed by atoms with van der Waals surface area (Å²) in [5.74, 6) is -0.346. The van der Waals surface area contributed by atoms with Gasteiger partial charge in [-0.05, 0) is 26.0 Å². The summed E-state index contributed by atoms with van der Waals surface area (Å²) in [4.78, 5) is 23.1. The summed E-state index contributed by atoms with van der Waals surface area (Å²) in [5.41, 5.74) is 0. The molecule has 1 rings (SSSR count). The second-order valence-electron chi connectivity index (χ2n) is 4.05. The van der Waals surface area contributed by atoms with Crippen LogP contribution in [-0.4, -0.2) is 31.0 Å². The number of halogens is 2. The molecule has 1 atom stereocenters. The monoisotopic (exact) mass is 318 g/mol. The summed E-state index contributed by atoms with van der Waals surface area (Å²) < 4.78 is 5.26. The Morgan fingerprint density at radius 2 is 2.05 bits per heavy atom. The first-order chi connectivity index (χ1) is 9.43. The quantitative estimate of drug-likeness (QED) is 0.843. The van der Waals surface area contributed by atoms with E-state index < -0.39 is 11.9 Å². The van der Waals surface area contributed by atoms with Crippen molar-refractivity contribution >= 4 is 35.0 Å². The van der Waals surface area contributed by atoms with Gasteiger partial charge in [-0.1, -0.05) is 23.2 Å². The standard InChI is InChI=1S/C13H16Cl2N2O3/c1-3-16-13(19)8(2)17-12(18)7-20-11-6-9(14)4-5-10(11)15/h4-6,8H,3,7H2,1-2H3,(H,16,19)(H,17,18). The number of likely N-dealkylation sites (N-methyl/N-ethyl adjacent to an activating group) is 1. The van der Waals surface area contributed by atoms with Crippen LogP contribution in [0, 0.1) is 0 Å². The molecule has 0 heterocycles. The lowest BCUT2D eigenvalue weighted by atomic mass is 10.3. The van der Waals surface area contributed by atoms with E-state index in [2.05, 4.69) is 10.6 Å². The van der Waals surface area contributed by atoms with Crippen molar-refractivity contribution in [3.8, 4) is 5.75 Å². The zero-order valence-corrected chi connectivity index (χ0v) is 12.7. The Kier molecular flexibility index (Phi) is 6.61. The zero-order valence-electron chi connectivity index (χ0n) is 11.2. The Balaban J connectivity index is 2.47. The van der Waals surface area contributed by atoms with Gasteiger partial charge in [-0.2, -0.15) is 0 Å². The molecule has 1 aromatic rings. The third-order valence-electron chi connectivity index (χ3n) is 2.37. The van der Waals surface area contributed by atoms with Crippen LogP contribution >= 0.6 is 23.2 Å². The van der Waals surface area contributed by atoms with Gasteiger partial charge < -0.3 is 15.4 Å². The molecule has 0 spiro atoms. The molecule has 7 heteroatoms. The summed E-state index contributed by atoms with van der Waals surface area (Å²) in [7, 11) is 0. The maximum absolute atomic E-state index is 11.6. The molecule has 5 nitrogen and oxygen atoms in total. The van der Waals surface area contributed by atoms with Crippen molar-refractivity contribution in [2.75, 3.05) is 13.2 Å². The van der Waals surface area contributed by atoms with Gasteiger partial charge in [0, 0.05) is 17.6 Å². The fourth-order valence-corrected chi connectivity index (χ4v) is 1.74. The lowest BCUT2D eigenvalue weighted by molar-refractivity contribution is -0.129. The topological polar surface area (TPSA) is 67.4 Å². The predicted octanol–water partition coefficient (Wildman–Crippen LogP) is 2.01. The molecule has 1 unspecified atom stereocenters. The minimum atomic E-state index is -0.624. The van der Waals surface area contributed by atoms with E-state index >= 15 is 0 Å². The Hall–Kier alpha value is -1.46. The highest BCUT2D eigenvalue weighted by molar-refractivity contribution is 6.34. The van der Waals surface area contributed by atoms with Gasteiger partial charge >= 0.3 is 0 Å². The summed E-state index contributed by atoms with van der Waals surface area (Å²) >= 11 is 11.7. The molecule has 0 bridgehead atoms. The number of rotatable bonds is 6. The Bertz CT molecular complexity index is 495. The number of ether oxygens (including phenoxy) is 1. The maximum Gasteiger partial charge on any atom is 0.258 e. The molecule has 0 radical (unpaired) electrons. The molecule has 0 aliphatic rings. The highest BCUT2D eigenvalue weighted by Gasteiger charge is 2.15. The number of carbonyl (C=O) groups excluding carboxylic acids is 2. The Morgan fingerprint density at radius 3 is 2.70 bits per heavy atom. The summed E-state index contributed by atoms with van der Waals surface area (Å²) in [6, 6.07) is 4.09. The molecule has 1 aromatic carbocycles. The van der Waals surface area contributed by atoms with Crippen LogP contribution in [-0.2, 0) is 9.59 Å². The molecular formula is C13H16Cl2N2O3. The smallest absolute Gasteiger partial charge is 0.258 e. The third kappa shape index (κ3) is 5.27. The van der Waals surface area contributed by atoms with Crippen molar-refractivity contribution in [2.45, 2.75) is 19.9 Å². The highest BCUT2D eigenvalue weighted by atomic mass is 35.5. The first kappa shape index (κ1) is 16.6. The maximum atomic E-state index is 11.6. The molecule has 2 amide bonds. The molecule has 0 aromatic heterocycles. The van der Waals surface area contributed by atoms with Gasteiger partial charge in [0.15, 0.2) is 6.61 Å². The molecule has 2 N–H and O–H groups in total. The average molecular weight is 319 g/mol. The summed E-state index contributed by atoms with van der Waals surface area (Å²) in [6.45, 7) is 3.66. The van der Waals surface area contributed by atoms with Gasteiger partial charge in [0.05, 0.1) is 5.02 Å². The molecule has 0 aliphatic heterocycles. The number of hydrogen-bond donors (Lipinski definition) is 2. The van der Waals surface area contributed by atoms with Gasteiger partial charge in [0.1, 0.15) is 11.8 Å². The fraction of sp³-hybridized carbons (Fsp3) is 0.385. The second-order valence-corrected chi connectivity index (χ2v) is 4.89. The van der Waals surface area contributed by atoms with Gasteiger partial charge in [-0.25, -0.2) is 0 Å². The SMILES string of the molecule is CCNC(=O)C(C)NC(=O)COc1cc(Cl)ccc1Cl. The lowest BCUT2D eigenvalue weighted by Crippen LogP contribution is -2.46. The third-order valence-corrected chi connectivity index (χ3v) is 2.92. The Labute approximate surface area is 127 Å². The van der Waals surface area contributed by atoms with E-state index in [1.165, 1.54) is 6.07 Å². The van der Waals surface area contributed by atoms with E-state index in [0.717, 1.165) is 0 Å². The molecule has 20 heavy (non-hydrogen) atoms. The van der Waals surface area contributed by atoms with Gasteiger partial charge in [0.2, 0.25) is 5.91 Å². The highest BCUT2D eigenvalue weighted by Crippen LogP contribution is 2.27.